The van der Waals surface area contributed by atoms with Gasteiger partial charge < -0.3 is 9.64 Å². The highest BCUT2D eigenvalue weighted by Crippen LogP contribution is 2.37. The van der Waals surface area contributed by atoms with Crippen LogP contribution in [0, 0.1) is 0 Å². The third-order valence-corrected chi connectivity index (χ3v) is 5.62. The average molecular weight is 347 g/mol. The molecule has 2 aliphatic heterocycles. The van der Waals surface area contributed by atoms with E-state index in [0.717, 1.165) is 44.5 Å². The minimum atomic E-state index is -0.293. The topological polar surface area (TPSA) is 29.5 Å². The summed E-state index contributed by atoms with van der Waals surface area (Å²) in [6.45, 7) is 3.06. The van der Waals surface area contributed by atoms with E-state index in [-0.39, 0.29) is 11.4 Å². The molecule has 0 unspecified atom stereocenters. The van der Waals surface area contributed by atoms with Crippen molar-refractivity contribution in [3.05, 3.63) is 78.1 Å². The maximum absolute atomic E-state index is 12.7. The summed E-state index contributed by atoms with van der Waals surface area (Å²) in [6.07, 6.45) is 5.13. The number of allylic oxidation sites excluding steroid dienone is 1. The van der Waals surface area contributed by atoms with Crippen LogP contribution in [0.15, 0.2) is 66.9 Å². The first-order chi connectivity index (χ1) is 12.7. The molecule has 0 amide bonds. The van der Waals surface area contributed by atoms with Crippen molar-refractivity contribution in [3.63, 3.8) is 0 Å². The van der Waals surface area contributed by atoms with Gasteiger partial charge >= 0.3 is 0 Å². The maximum Gasteiger partial charge on any atom is 0.170 e. The Labute approximate surface area is 155 Å². The summed E-state index contributed by atoms with van der Waals surface area (Å²) in [6, 6.07) is 20.4. The molecule has 3 heteroatoms. The molecule has 0 bridgehead atoms. The van der Waals surface area contributed by atoms with Crippen LogP contribution < -0.4 is 0 Å². The molecule has 0 radical (unpaired) electrons. The first kappa shape index (κ1) is 17.0. The molecule has 1 saturated heterocycles. The van der Waals surface area contributed by atoms with E-state index in [1.165, 1.54) is 5.56 Å². The lowest BCUT2D eigenvalue weighted by Gasteiger charge is -2.42. The lowest BCUT2D eigenvalue weighted by atomic mass is 9.82. The van der Waals surface area contributed by atoms with Crippen LogP contribution in [0.3, 0.4) is 0 Å². The molecule has 4 rings (SSSR count). The van der Waals surface area contributed by atoms with Crippen LogP contribution in [-0.4, -0.2) is 35.9 Å². The Morgan fingerprint density at radius 1 is 0.923 bits per heavy atom. The van der Waals surface area contributed by atoms with Gasteiger partial charge in [-0.05, 0) is 17.5 Å². The zero-order valence-electron chi connectivity index (χ0n) is 15.1. The Morgan fingerprint density at radius 2 is 1.58 bits per heavy atom. The molecule has 0 aromatic heterocycles. The zero-order chi connectivity index (χ0) is 17.8. The van der Waals surface area contributed by atoms with E-state index in [1.807, 2.05) is 30.3 Å². The number of hydrogen-bond acceptors (Lipinski definition) is 3. The number of hydrogen-bond donors (Lipinski definition) is 0. The van der Waals surface area contributed by atoms with Crippen molar-refractivity contribution in [2.24, 2.45) is 0 Å². The Morgan fingerprint density at radius 3 is 2.23 bits per heavy atom. The van der Waals surface area contributed by atoms with Gasteiger partial charge in [-0.3, -0.25) is 4.79 Å². The van der Waals surface area contributed by atoms with E-state index >= 15 is 0 Å². The van der Waals surface area contributed by atoms with Gasteiger partial charge in [0.1, 0.15) is 5.60 Å². The summed E-state index contributed by atoms with van der Waals surface area (Å²) in [5, 5.41) is 0. The van der Waals surface area contributed by atoms with Crippen molar-refractivity contribution in [2.75, 3.05) is 19.6 Å². The molecule has 2 heterocycles. The third-order valence-electron chi connectivity index (χ3n) is 5.62. The van der Waals surface area contributed by atoms with Crippen molar-refractivity contribution in [2.45, 2.75) is 31.3 Å². The molecule has 3 nitrogen and oxygen atoms in total. The largest absolute Gasteiger partial charge is 0.494 e. The normalized spacial score (nSPS) is 19.8. The van der Waals surface area contributed by atoms with Crippen molar-refractivity contribution in [1.82, 2.24) is 4.90 Å². The molecule has 0 N–H and O–H groups in total. The van der Waals surface area contributed by atoms with Crippen LogP contribution in [0.2, 0.25) is 0 Å². The van der Waals surface area contributed by atoms with Gasteiger partial charge in [-0.25, -0.2) is 0 Å². The Bertz CT molecular complexity index is 774. The van der Waals surface area contributed by atoms with Crippen LogP contribution >= 0.6 is 0 Å². The van der Waals surface area contributed by atoms with E-state index in [1.54, 1.807) is 6.26 Å². The SMILES string of the molecule is O=C1CC2(CCN(CCc3ccccc3)CC2)OC=C1c1ccccc1. The second kappa shape index (κ2) is 7.46. The van der Waals surface area contributed by atoms with Gasteiger partial charge in [-0.2, -0.15) is 0 Å². The van der Waals surface area contributed by atoms with Crippen molar-refractivity contribution < 1.29 is 9.53 Å². The second-order valence-electron chi connectivity index (χ2n) is 7.38. The van der Waals surface area contributed by atoms with Crippen LogP contribution in [0.25, 0.3) is 5.57 Å². The van der Waals surface area contributed by atoms with Gasteiger partial charge in [0.25, 0.3) is 0 Å². The molecule has 0 atom stereocenters. The maximum atomic E-state index is 12.7. The molecule has 1 fully saturated rings. The fourth-order valence-electron chi connectivity index (χ4n) is 3.94. The van der Waals surface area contributed by atoms with Gasteiger partial charge in [0.2, 0.25) is 0 Å². The van der Waals surface area contributed by atoms with Gasteiger partial charge in [0, 0.05) is 32.5 Å². The number of carbonyl (C=O) groups is 1. The quantitative estimate of drug-likeness (QED) is 0.834. The number of nitrogens with zero attached hydrogens (tertiary/aromatic N) is 1. The summed E-state index contributed by atoms with van der Waals surface area (Å²) in [4.78, 5) is 15.2. The molecule has 2 aliphatic rings. The lowest BCUT2D eigenvalue weighted by molar-refractivity contribution is -0.124. The van der Waals surface area contributed by atoms with E-state index in [9.17, 15) is 4.79 Å². The van der Waals surface area contributed by atoms with Gasteiger partial charge in [0.15, 0.2) is 5.78 Å². The molecule has 0 aliphatic carbocycles. The van der Waals surface area contributed by atoms with Crippen LogP contribution in [0.1, 0.15) is 30.4 Å². The highest BCUT2D eigenvalue weighted by molar-refractivity contribution is 6.21. The van der Waals surface area contributed by atoms with Crippen molar-refractivity contribution in [1.29, 1.82) is 0 Å². The zero-order valence-corrected chi connectivity index (χ0v) is 15.1. The Hall–Kier alpha value is -2.39. The molecule has 2 aromatic rings. The summed E-state index contributed by atoms with van der Waals surface area (Å²) in [5.74, 6) is 0.209. The first-order valence-corrected chi connectivity index (χ1v) is 9.47. The first-order valence-electron chi connectivity index (χ1n) is 9.47. The molecular formula is C23H25NO2. The van der Waals surface area contributed by atoms with Crippen LogP contribution in [0.4, 0.5) is 0 Å². The predicted molar refractivity (Wildman–Crippen MR) is 104 cm³/mol. The monoisotopic (exact) mass is 347 g/mol. The van der Waals surface area contributed by atoms with Crippen LogP contribution in [-0.2, 0) is 16.0 Å². The van der Waals surface area contributed by atoms with Crippen molar-refractivity contribution in [3.8, 4) is 0 Å². The van der Waals surface area contributed by atoms with E-state index < -0.39 is 0 Å². The number of piperidine rings is 1. The standard InChI is InChI=1S/C23H25NO2/c25-22-17-23(26-18-21(22)20-9-5-2-6-10-20)12-15-24(16-13-23)14-11-19-7-3-1-4-8-19/h1-10,18H,11-17H2. The number of carbonyl (C=O) groups excluding carboxylic acids is 1. The van der Waals surface area contributed by atoms with E-state index in [0.29, 0.717) is 12.0 Å². The number of ether oxygens (including phenoxy) is 1. The Kier molecular flexibility index (Phi) is 4.89. The van der Waals surface area contributed by atoms with Gasteiger partial charge in [0.05, 0.1) is 18.3 Å². The highest BCUT2D eigenvalue weighted by Gasteiger charge is 2.41. The summed E-state index contributed by atoms with van der Waals surface area (Å²) >= 11 is 0. The Balaban J connectivity index is 1.34. The minimum absolute atomic E-state index is 0.209. The highest BCUT2D eigenvalue weighted by atomic mass is 16.5. The molecule has 1 spiro atoms. The number of likely N-dealkylation sites (tertiary alicyclic amines) is 1. The van der Waals surface area contributed by atoms with Crippen molar-refractivity contribution >= 4 is 11.4 Å². The average Bonchev–Trinajstić information content (AvgIpc) is 2.69. The number of Topliss-reactive ketones (excluding diaryl/α,β-unsaturated/α-hetero) is 1. The van der Waals surface area contributed by atoms with E-state index in [2.05, 4.69) is 35.2 Å². The summed E-state index contributed by atoms with van der Waals surface area (Å²) in [5.41, 5.74) is 2.75. The molecule has 26 heavy (non-hydrogen) atoms. The summed E-state index contributed by atoms with van der Waals surface area (Å²) < 4.78 is 6.15. The smallest absolute Gasteiger partial charge is 0.170 e. The lowest BCUT2D eigenvalue weighted by Crippen LogP contribution is -2.48. The third kappa shape index (κ3) is 3.73. The number of benzene rings is 2. The van der Waals surface area contributed by atoms with Gasteiger partial charge in [-0.15, -0.1) is 0 Å². The molecule has 134 valence electrons. The molecule has 0 saturated carbocycles. The minimum Gasteiger partial charge on any atom is -0.494 e. The number of ketones is 1. The second-order valence-corrected chi connectivity index (χ2v) is 7.38. The molecule has 2 aromatic carbocycles. The number of rotatable bonds is 4. The predicted octanol–water partition coefficient (Wildman–Crippen LogP) is 4.09. The van der Waals surface area contributed by atoms with Crippen LogP contribution in [0.5, 0.6) is 0 Å². The molecular weight excluding hydrogens is 322 g/mol. The van der Waals surface area contributed by atoms with Gasteiger partial charge in [-0.1, -0.05) is 60.7 Å². The fourth-order valence-corrected chi connectivity index (χ4v) is 3.94. The fraction of sp³-hybridized carbons (Fsp3) is 0.348. The van der Waals surface area contributed by atoms with E-state index in [4.69, 9.17) is 4.74 Å². The summed E-state index contributed by atoms with van der Waals surface area (Å²) in [7, 11) is 0.